The van der Waals surface area contributed by atoms with Gasteiger partial charge in [0.1, 0.15) is 0 Å². The largest absolute Gasteiger partial charge is 0.348 e. The average molecular weight is 352 g/mol. The lowest BCUT2D eigenvalue weighted by Crippen LogP contribution is -2.45. The monoisotopic (exact) mass is 352 g/mol. The summed E-state index contributed by atoms with van der Waals surface area (Å²) in [4.78, 5) is 0. The van der Waals surface area contributed by atoms with Gasteiger partial charge < -0.3 is 9.47 Å². The topological polar surface area (TPSA) is 18.5 Å². The van der Waals surface area contributed by atoms with Crippen LogP contribution in [0.3, 0.4) is 0 Å². The summed E-state index contributed by atoms with van der Waals surface area (Å²) in [5, 5.41) is 0. The van der Waals surface area contributed by atoms with Gasteiger partial charge in [-0.2, -0.15) is 0 Å². The van der Waals surface area contributed by atoms with Crippen LogP contribution >= 0.6 is 0 Å². The molecule has 0 spiro atoms. The zero-order valence-corrected chi connectivity index (χ0v) is 15.4. The molecule has 0 amide bonds. The Hall–Kier alpha value is -1.00. The molecule has 0 N–H and O–H groups in total. The van der Waals surface area contributed by atoms with Crippen molar-refractivity contribution in [3.05, 3.63) is 35.4 Å². The number of hydrogen-bond acceptors (Lipinski definition) is 2. The van der Waals surface area contributed by atoms with E-state index in [1.54, 1.807) is 6.07 Å². The molecule has 3 rings (SSSR count). The molecule has 1 heterocycles. The van der Waals surface area contributed by atoms with E-state index >= 15 is 0 Å². The first-order valence-corrected chi connectivity index (χ1v) is 9.75. The van der Waals surface area contributed by atoms with Gasteiger partial charge >= 0.3 is 0 Å². The van der Waals surface area contributed by atoms with Crippen LogP contribution < -0.4 is 0 Å². The third-order valence-electron chi connectivity index (χ3n) is 6.41. The van der Waals surface area contributed by atoms with Gasteiger partial charge in [-0.1, -0.05) is 52.0 Å². The Morgan fingerprint density at radius 1 is 1.08 bits per heavy atom. The summed E-state index contributed by atoms with van der Waals surface area (Å²) in [5.41, 5.74) is 0.851. The molecule has 0 bridgehead atoms. The molecule has 2 aliphatic rings. The van der Waals surface area contributed by atoms with E-state index in [1.807, 2.05) is 0 Å². The molecule has 25 heavy (non-hydrogen) atoms. The Balaban J connectivity index is 1.69. The molecule has 4 heteroatoms. The highest BCUT2D eigenvalue weighted by Crippen LogP contribution is 2.51. The van der Waals surface area contributed by atoms with Gasteiger partial charge in [0.15, 0.2) is 17.9 Å². The Bertz CT molecular complexity index is 561. The second-order valence-electron chi connectivity index (χ2n) is 7.85. The SMILES string of the molecule is CCCC(C)C1(C2COC(c3ccc(F)c(F)c3)OC2)CCCCC1. The maximum absolute atomic E-state index is 13.5. The predicted molar refractivity (Wildman–Crippen MR) is 94.1 cm³/mol. The van der Waals surface area contributed by atoms with Gasteiger partial charge in [0, 0.05) is 11.5 Å². The Morgan fingerprint density at radius 3 is 2.36 bits per heavy atom. The Labute approximate surface area is 149 Å². The molecule has 2 nitrogen and oxygen atoms in total. The standard InChI is InChI=1S/C21H30F2O2/c1-3-7-15(2)21(10-5-4-6-11-21)17-13-24-20(25-14-17)16-8-9-18(22)19(23)12-16/h8-9,12,15,17,20H,3-7,10-11,13-14H2,1-2H3. The lowest BCUT2D eigenvalue weighted by molar-refractivity contribution is -0.232. The van der Waals surface area contributed by atoms with Crippen LogP contribution in [0, 0.1) is 28.9 Å². The van der Waals surface area contributed by atoms with Gasteiger partial charge in [-0.15, -0.1) is 0 Å². The van der Waals surface area contributed by atoms with Crippen molar-refractivity contribution < 1.29 is 18.3 Å². The summed E-state index contributed by atoms with van der Waals surface area (Å²) in [6.45, 7) is 5.91. The smallest absolute Gasteiger partial charge is 0.183 e. The lowest BCUT2D eigenvalue weighted by atomic mass is 9.58. The quantitative estimate of drug-likeness (QED) is 0.646. The highest BCUT2D eigenvalue weighted by Gasteiger charge is 2.45. The second kappa shape index (κ2) is 8.13. The van der Waals surface area contributed by atoms with E-state index in [1.165, 1.54) is 51.0 Å². The first kappa shape index (κ1) is 18.8. The normalized spacial score (nSPS) is 27.8. The fraction of sp³-hybridized carbons (Fsp3) is 0.714. The molecular formula is C21H30F2O2. The minimum absolute atomic E-state index is 0.299. The number of halogens is 2. The van der Waals surface area contributed by atoms with Crippen LogP contribution in [0.2, 0.25) is 0 Å². The fourth-order valence-corrected chi connectivity index (χ4v) is 4.92. The minimum atomic E-state index is -0.854. The van der Waals surface area contributed by atoms with Crippen molar-refractivity contribution in [1.82, 2.24) is 0 Å². The molecule has 1 aliphatic carbocycles. The number of ether oxygens (including phenoxy) is 2. The molecule has 1 aliphatic heterocycles. The molecule has 1 saturated carbocycles. The van der Waals surface area contributed by atoms with Gasteiger partial charge in [-0.05, 0) is 36.3 Å². The van der Waals surface area contributed by atoms with Crippen molar-refractivity contribution in [2.45, 2.75) is 65.1 Å². The fourth-order valence-electron chi connectivity index (χ4n) is 4.92. The first-order chi connectivity index (χ1) is 12.1. The summed E-state index contributed by atoms with van der Waals surface area (Å²) >= 11 is 0. The van der Waals surface area contributed by atoms with E-state index in [4.69, 9.17) is 9.47 Å². The minimum Gasteiger partial charge on any atom is -0.348 e. The van der Waals surface area contributed by atoms with E-state index in [-0.39, 0.29) is 0 Å². The van der Waals surface area contributed by atoms with Crippen LogP contribution in [-0.4, -0.2) is 13.2 Å². The summed E-state index contributed by atoms with van der Waals surface area (Å²) in [7, 11) is 0. The molecule has 1 saturated heterocycles. The van der Waals surface area contributed by atoms with Gasteiger partial charge in [0.05, 0.1) is 13.2 Å². The third kappa shape index (κ3) is 3.90. The third-order valence-corrected chi connectivity index (χ3v) is 6.41. The van der Waals surface area contributed by atoms with Crippen molar-refractivity contribution in [3.8, 4) is 0 Å². The zero-order valence-electron chi connectivity index (χ0n) is 15.4. The van der Waals surface area contributed by atoms with Gasteiger partial charge in [0.25, 0.3) is 0 Å². The molecule has 1 aromatic carbocycles. The van der Waals surface area contributed by atoms with Crippen LogP contribution in [0.1, 0.15) is 70.6 Å². The predicted octanol–water partition coefficient (Wildman–Crippen LogP) is 6.01. The first-order valence-electron chi connectivity index (χ1n) is 9.75. The van der Waals surface area contributed by atoms with Crippen LogP contribution in [-0.2, 0) is 9.47 Å². The lowest BCUT2D eigenvalue weighted by Gasteiger charge is -2.50. The van der Waals surface area contributed by atoms with E-state index in [0.29, 0.717) is 36.0 Å². The molecule has 0 radical (unpaired) electrons. The number of benzene rings is 1. The van der Waals surface area contributed by atoms with Crippen molar-refractivity contribution in [3.63, 3.8) is 0 Å². The summed E-state index contributed by atoms with van der Waals surface area (Å²) in [5.74, 6) is -0.648. The van der Waals surface area contributed by atoms with E-state index in [0.717, 1.165) is 6.07 Å². The Kier molecular flexibility index (Phi) is 6.11. The highest BCUT2D eigenvalue weighted by molar-refractivity contribution is 5.19. The summed E-state index contributed by atoms with van der Waals surface area (Å²) < 4.78 is 38.5. The molecule has 1 aromatic rings. The summed E-state index contributed by atoms with van der Waals surface area (Å²) in [6.07, 6.45) is 8.26. The van der Waals surface area contributed by atoms with Crippen molar-refractivity contribution in [2.24, 2.45) is 17.3 Å². The van der Waals surface area contributed by atoms with Gasteiger partial charge in [-0.3, -0.25) is 0 Å². The van der Waals surface area contributed by atoms with Crippen LogP contribution in [0.5, 0.6) is 0 Å². The molecule has 1 unspecified atom stereocenters. The van der Waals surface area contributed by atoms with E-state index < -0.39 is 17.9 Å². The number of hydrogen-bond donors (Lipinski definition) is 0. The van der Waals surface area contributed by atoms with Crippen molar-refractivity contribution in [2.75, 3.05) is 13.2 Å². The van der Waals surface area contributed by atoms with Gasteiger partial charge in [-0.25, -0.2) is 8.78 Å². The van der Waals surface area contributed by atoms with Crippen molar-refractivity contribution in [1.29, 1.82) is 0 Å². The molecule has 140 valence electrons. The van der Waals surface area contributed by atoms with Crippen LogP contribution in [0.15, 0.2) is 18.2 Å². The number of rotatable bonds is 5. The Morgan fingerprint density at radius 2 is 1.76 bits per heavy atom. The average Bonchev–Trinajstić information content (AvgIpc) is 2.65. The van der Waals surface area contributed by atoms with E-state index in [2.05, 4.69) is 13.8 Å². The summed E-state index contributed by atoms with van der Waals surface area (Å²) in [6, 6.07) is 3.85. The van der Waals surface area contributed by atoms with Crippen LogP contribution in [0.25, 0.3) is 0 Å². The molecule has 0 aromatic heterocycles. The van der Waals surface area contributed by atoms with Crippen molar-refractivity contribution >= 4 is 0 Å². The molecule has 2 fully saturated rings. The second-order valence-corrected chi connectivity index (χ2v) is 7.85. The molecule has 1 atom stereocenters. The highest BCUT2D eigenvalue weighted by atomic mass is 19.2. The van der Waals surface area contributed by atoms with Gasteiger partial charge in [0.2, 0.25) is 0 Å². The van der Waals surface area contributed by atoms with Crippen LogP contribution in [0.4, 0.5) is 8.78 Å². The zero-order chi connectivity index (χ0) is 17.9. The van der Waals surface area contributed by atoms with E-state index in [9.17, 15) is 8.78 Å². The molecular weight excluding hydrogens is 322 g/mol. The maximum atomic E-state index is 13.5. The maximum Gasteiger partial charge on any atom is 0.183 e.